The number of carboxylic acid groups (broad SMARTS) is 1. The summed E-state index contributed by atoms with van der Waals surface area (Å²) in [6, 6.07) is 1.50. The Labute approximate surface area is 108 Å². The molecular formula is C13H23N3O2. The highest BCUT2D eigenvalue weighted by Gasteiger charge is 2.43. The summed E-state index contributed by atoms with van der Waals surface area (Å²) < 4.78 is 0. The quantitative estimate of drug-likeness (QED) is 0.740. The Balaban J connectivity index is 1.67. The van der Waals surface area contributed by atoms with Gasteiger partial charge in [-0.1, -0.05) is 0 Å². The maximum Gasteiger partial charge on any atom is 0.322 e. The van der Waals surface area contributed by atoms with Crippen LogP contribution in [0.3, 0.4) is 0 Å². The summed E-state index contributed by atoms with van der Waals surface area (Å²) in [7, 11) is 0. The molecule has 2 N–H and O–H groups in total. The van der Waals surface area contributed by atoms with E-state index in [2.05, 4.69) is 22.0 Å². The first-order chi connectivity index (χ1) is 8.66. The van der Waals surface area contributed by atoms with Crippen molar-refractivity contribution in [2.24, 2.45) is 0 Å². The first-order valence-electron chi connectivity index (χ1n) is 7.12. The molecular weight excluding hydrogens is 230 g/mol. The fourth-order valence-corrected chi connectivity index (χ4v) is 3.57. The predicted molar refractivity (Wildman–Crippen MR) is 68.6 cm³/mol. The molecule has 2 aliphatic heterocycles. The molecule has 0 aromatic rings. The van der Waals surface area contributed by atoms with E-state index in [0.717, 1.165) is 32.1 Å². The Kier molecular flexibility index (Phi) is 3.30. The minimum Gasteiger partial charge on any atom is -0.480 e. The van der Waals surface area contributed by atoms with Crippen molar-refractivity contribution in [3.05, 3.63) is 0 Å². The number of hydrogen-bond acceptors (Lipinski definition) is 4. The summed E-state index contributed by atoms with van der Waals surface area (Å²) in [6.45, 7) is 5.72. The van der Waals surface area contributed by atoms with Crippen molar-refractivity contribution in [3.8, 4) is 0 Å². The number of carboxylic acids is 1. The van der Waals surface area contributed by atoms with Gasteiger partial charge in [-0.25, -0.2) is 0 Å². The van der Waals surface area contributed by atoms with Crippen LogP contribution in [0.15, 0.2) is 0 Å². The number of aliphatic carboxylic acids is 1. The molecule has 1 saturated carbocycles. The van der Waals surface area contributed by atoms with Gasteiger partial charge in [0.05, 0.1) is 0 Å². The fraction of sp³-hybridized carbons (Fsp3) is 0.923. The van der Waals surface area contributed by atoms with Crippen molar-refractivity contribution in [3.63, 3.8) is 0 Å². The highest BCUT2D eigenvalue weighted by molar-refractivity contribution is 5.74. The average molecular weight is 253 g/mol. The molecule has 2 saturated heterocycles. The second kappa shape index (κ2) is 4.79. The predicted octanol–water partition coefficient (Wildman–Crippen LogP) is -0.0300. The Morgan fingerprint density at radius 2 is 2.06 bits per heavy atom. The standard InChI is InChI=1S/C13H23N3O2/c1-9-6-11(8-16(9)10-2-3-10)15-5-4-14-7-12(15)13(17)18/h9-12,14H,2-8H2,1H3,(H,17,18). The van der Waals surface area contributed by atoms with Crippen LogP contribution in [0.2, 0.25) is 0 Å². The van der Waals surface area contributed by atoms with Gasteiger partial charge in [-0.2, -0.15) is 0 Å². The van der Waals surface area contributed by atoms with Gasteiger partial charge in [-0.3, -0.25) is 14.6 Å². The minimum absolute atomic E-state index is 0.338. The maximum absolute atomic E-state index is 11.3. The van der Waals surface area contributed by atoms with Crippen LogP contribution in [0.1, 0.15) is 26.2 Å². The summed E-state index contributed by atoms with van der Waals surface area (Å²) in [5.41, 5.74) is 0. The Morgan fingerprint density at radius 1 is 1.28 bits per heavy atom. The molecule has 3 aliphatic rings. The topological polar surface area (TPSA) is 55.8 Å². The van der Waals surface area contributed by atoms with E-state index in [-0.39, 0.29) is 6.04 Å². The third-order valence-corrected chi connectivity index (χ3v) is 4.66. The average Bonchev–Trinajstić information content (AvgIpc) is 3.13. The highest BCUT2D eigenvalue weighted by atomic mass is 16.4. The van der Waals surface area contributed by atoms with Crippen LogP contribution >= 0.6 is 0 Å². The molecule has 0 bridgehead atoms. The van der Waals surface area contributed by atoms with Crippen LogP contribution in [0, 0.1) is 0 Å². The highest BCUT2D eigenvalue weighted by Crippen LogP contribution is 2.35. The molecule has 0 spiro atoms. The molecule has 0 aromatic carbocycles. The van der Waals surface area contributed by atoms with E-state index in [1.165, 1.54) is 12.8 Å². The van der Waals surface area contributed by atoms with Crippen molar-refractivity contribution in [2.75, 3.05) is 26.2 Å². The maximum atomic E-state index is 11.3. The summed E-state index contributed by atoms with van der Waals surface area (Å²) in [5.74, 6) is -0.681. The Morgan fingerprint density at radius 3 is 2.72 bits per heavy atom. The van der Waals surface area contributed by atoms with Crippen molar-refractivity contribution in [1.82, 2.24) is 15.1 Å². The number of piperazine rings is 1. The SMILES string of the molecule is CC1CC(N2CCNCC2C(=O)O)CN1C1CC1. The summed E-state index contributed by atoms with van der Waals surface area (Å²) in [5, 5.41) is 12.5. The number of nitrogens with zero attached hydrogens (tertiary/aromatic N) is 2. The van der Waals surface area contributed by atoms with Crippen molar-refractivity contribution < 1.29 is 9.90 Å². The molecule has 5 nitrogen and oxygen atoms in total. The lowest BCUT2D eigenvalue weighted by molar-refractivity contribution is -0.145. The normalized spacial score (nSPS) is 39.1. The number of hydrogen-bond donors (Lipinski definition) is 2. The zero-order chi connectivity index (χ0) is 12.7. The molecule has 0 aromatic heterocycles. The van der Waals surface area contributed by atoms with Crippen LogP contribution in [-0.4, -0.2) is 71.2 Å². The van der Waals surface area contributed by atoms with Crippen LogP contribution in [0.4, 0.5) is 0 Å². The number of rotatable bonds is 3. The number of likely N-dealkylation sites (tertiary alicyclic amines) is 1. The molecule has 2 heterocycles. The third kappa shape index (κ3) is 2.27. The fourth-order valence-electron chi connectivity index (χ4n) is 3.57. The van der Waals surface area contributed by atoms with E-state index in [0.29, 0.717) is 18.6 Å². The second-order valence-electron chi connectivity index (χ2n) is 5.96. The molecule has 5 heteroatoms. The van der Waals surface area contributed by atoms with Gasteiger partial charge in [0, 0.05) is 44.3 Å². The van der Waals surface area contributed by atoms with Crippen LogP contribution < -0.4 is 5.32 Å². The Bertz CT molecular complexity index is 332. The number of carbonyl (C=O) groups is 1. The van der Waals surface area contributed by atoms with Gasteiger partial charge in [0.15, 0.2) is 0 Å². The van der Waals surface area contributed by atoms with E-state index >= 15 is 0 Å². The van der Waals surface area contributed by atoms with Crippen molar-refractivity contribution in [2.45, 2.75) is 50.4 Å². The zero-order valence-electron chi connectivity index (χ0n) is 11.0. The molecule has 102 valence electrons. The molecule has 3 unspecified atom stereocenters. The van der Waals surface area contributed by atoms with Crippen LogP contribution in [-0.2, 0) is 4.79 Å². The lowest BCUT2D eigenvalue weighted by atomic mass is 10.1. The summed E-state index contributed by atoms with van der Waals surface area (Å²) in [4.78, 5) is 16.1. The molecule has 3 rings (SSSR count). The molecule has 18 heavy (non-hydrogen) atoms. The van der Waals surface area contributed by atoms with E-state index in [1.807, 2.05) is 0 Å². The lowest BCUT2D eigenvalue weighted by Crippen LogP contribution is -2.58. The van der Waals surface area contributed by atoms with Gasteiger partial charge in [0.25, 0.3) is 0 Å². The molecule has 3 atom stereocenters. The van der Waals surface area contributed by atoms with Gasteiger partial charge >= 0.3 is 5.97 Å². The van der Waals surface area contributed by atoms with E-state index in [4.69, 9.17) is 0 Å². The molecule has 0 radical (unpaired) electrons. The van der Waals surface area contributed by atoms with Crippen molar-refractivity contribution >= 4 is 5.97 Å². The van der Waals surface area contributed by atoms with Gasteiger partial charge < -0.3 is 10.4 Å². The largest absolute Gasteiger partial charge is 0.480 e. The van der Waals surface area contributed by atoms with Crippen LogP contribution in [0.25, 0.3) is 0 Å². The third-order valence-electron chi connectivity index (χ3n) is 4.66. The minimum atomic E-state index is -0.681. The smallest absolute Gasteiger partial charge is 0.322 e. The van der Waals surface area contributed by atoms with Crippen molar-refractivity contribution in [1.29, 1.82) is 0 Å². The first kappa shape index (κ1) is 12.4. The summed E-state index contributed by atoms with van der Waals surface area (Å²) in [6.07, 6.45) is 3.79. The number of nitrogens with one attached hydrogen (secondary N) is 1. The molecule has 0 amide bonds. The van der Waals surface area contributed by atoms with Gasteiger partial charge in [-0.05, 0) is 26.2 Å². The first-order valence-corrected chi connectivity index (χ1v) is 7.12. The lowest BCUT2D eigenvalue weighted by Gasteiger charge is -2.37. The van der Waals surface area contributed by atoms with Gasteiger partial charge in [-0.15, -0.1) is 0 Å². The molecule has 3 fully saturated rings. The second-order valence-corrected chi connectivity index (χ2v) is 5.96. The van der Waals surface area contributed by atoms with E-state index in [1.54, 1.807) is 0 Å². The van der Waals surface area contributed by atoms with Gasteiger partial charge in [0.2, 0.25) is 0 Å². The molecule has 1 aliphatic carbocycles. The van der Waals surface area contributed by atoms with Crippen LogP contribution in [0.5, 0.6) is 0 Å². The summed E-state index contributed by atoms with van der Waals surface area (Å²) >= 11 is 0. The van der Waals surface area contributed by atoms with Gasteiger partial charge in [0.1, 0.15) is 6.04 Å². The monoisotopic (exact) mass is 253 g/mol. The Hall–Kier alpha value is -0.650. The van der Waals surface area contributed by atoms with E-state index in [9.17, 15) is 9.90 Å². The zero-order valence-corrected chi connectivity index (χ0v) is 11.0. The van der Waals surface area contributed by atoms with E-state index < -0.39 is 5.97 Å².